The fraction of sp³-hybridized carbons (Fsp3) is 0.200. The SMILES string of the molecule is O=C(Cc1ccccc1)Nc1ccc(C(=O)Nc2ccc(S(=O)(=O)N3CCOCC3)cc2)cc1. The van der Waals surface area contributed by atoms with Gasteiger partial charge >= 0.3 is 0 Å². The molecule has 0 aromatic heterocycles. The Bertz CT molecular complexity index is 1240. The number of anilines is 2. The van der Waals surface area contributed by atoms with Crippen molar-refractivity contribution < 1.29 is 22.7 Å². The predicted molar refractivity (Wildman–Crippen MR) is 129 cm³/mol. The van der Waals surface area contributed by atoms with Crippen molar-refractivity contribution in [3.05, 3.63) is 90.0 Å². The van der Waals surface area contributed by atoms with Crippen molar-refractivity contribution in [2.45, 2.75) is 11.3 Å². The minimum atomic E-state index is -3.59. The zero-order valence-corrected chi connectivity index (χ0v) is 19.3. The molecule has 1 heterocycles. The Hall–Kier alpha value is -3.53. The maximum atomic E-state index is 12.7. The van der Waals surface area contributed by atoms with Crippen LogP contribution in [0.4, 0.5) is 11.4 Å². The molecule has 9 heteroatoms. The average Bonchev–Trinajstić information content (AvgIpc) is 2.86. The average molecular weight is 480 g/mol. The number of hydrogen-bond donors (Lipinski definition) is 2. The summed E-state index contributed by atoms with van der Waals surface area (Å²) in [4.78, 5) is 24.9. The number of nitrogens with zero attached hydrogens (tertiary/aromatic N) is 1. The van der Waals surface area contributed by atoms with Gasteiger partial charge in [-0.25, -0.2) is 8.42 Å². The molecule has 4 rings (SSSR count). The number of nitrogens with one attached hydrogen (secondary N) is 2. The lowest BCUT2D eigenvalue weighted by Gasteiger charge is -2.26. The Morgan fingerprint density at radius 1 is 0.794 bits per heavy atom. The molecule has 1 aliphatic rings. The van der Waals surface area contributed by atoms with E-state index < -0.39 is 10.0 Å². The molecule has 0 unspecified atom stereocenters. The Morgan fingerprint density at radius 3 is 2.03 bits per heavy atom. The zero-order valence-electron chi connectivity index (χ0n) is 18.4. The van der Waals surface area contributed by atoms with E-state index in [0.717, 1.165) is 5.56 Å². The monoisotopic (exact) mass is 479 g/mol. The number of sulfonamides is 1. The Labute approximate surface area is 198 Å². The van der Waals surface area contributed by atoms with E-state index in [-0.39, 0.29) is 23.1 Å². The van der Waals surface area contributed by atoms with E-state index in [1.54, 1.807) is 36.4 Å². The van der Waals surface area contributed by atoms with E-state index >= 15 is 0 Å². The normalized spacial score (nSPS) is 14.4. The van der Waals surface area contributed by atoms with Gasteiger partial charge in [-0.15, -0.1) is 0 Å². The van der Waals surface area contributed by atoms with Crippen LogP contribution >= 0.6 is 0 Å². The van der Waals surface area contributed by atoms with E-state index in [4.69, 9.17) is 4.74 Å². The largest absolute Gasteiger partial charge is 0.379 e. The first kappa shape index (κ1) is 23.6. The van der Waals surface area contributed by atoms with E-state index in [0.29, 0.717) is 43.2 Å². The van der Waals surface area contributed by atoms with Gasteiger partial charge in [0.25, 0.3) is 5.91 Å². The summed E-state index contributed by atoms with van der Waals surface area (Å²) in [7, 11) is -3.59. The van der Waals surface area contributed by atoms with Gasteiger partial charge in [-0.2, -0.15) is 4.31 Å². The lowest BCUT2D eigenvalue weighted by Crippen LogP contribution is -2.40. The fourth-order valence-electron chi connectivity index (χ4n) is 3.54. The standard InChI is InChI=1S/C25H25N3O5S/c29-24(18-19-4-2-1-3-5-19)26-21-8-6-20(7-9-21)25(30)27-22-10-12-23(13-11-22)34(31,32)28-14-16-33-17-15-28/h1-13H,14-18H2,(H,26,29)(H,27,30). The van der Waals surface area contributed by atoms with E-state index in [2.05, 4.69) is 10.6 Å². The van der Waals surface area contributed by atoms with Crippen molar-refractivity contribution >= 4 is 33.2 Å². The topological polar surface area (TPSA) is 105 Å². The van der Waals surface area contributed by atoms with Crippen LogP contribution in [0.1, 0.15) is 15.9 Å². The lowest BCUT2D eigenvalue weighted by molar-refractivity contribution is -0.115. The molecule has 176 valence electrons. The zero-order chi connectivity index (χ0) is 24.0. The fourth-order valence-corrected chi connectivity index (χ4v) is 4.95. The Balaban J connectivity index is 1.34. The van der Waals surface area contributed by atoms with Crippen LogP contribution in [0, 0.1) is 0 Å². The molecule has 0 bridgehead atoms. The van der Waals surface area contributed by atoms with Gasteiger partial charge in [-0.05, 0) is 54.1 Å². The van der Waals surface area contributed by atoms with E-state index in [1.807, 2.05) is 30.3 Å². The molecule has 0 radical (unpaired) electrons. The van der Waals surface area contributed by atoms with Crippen LogP contribution < -0.4 is 10.6 Å². The van der Waals surface area contributed by atoms with Crippen molar-refractivity contribution in [3.63, 3.8) is 0 Å². The van der Waals surface area contributed by atoms with Crippen molar-refractivity contribution in [2.24, 2.45) is 0 Å². The van der Waals surface area contributed by atoms with Crippen LogP contribution in [-0.4, -0.2) is 50.8 Å². The molecule has 34 heavy (non-hydrogen) atoms. The van der Waals surface area contributed by atoms with Crippen molar-refractivity contribution in [2.75, 3.05) is 36.9 Å². The predicted octanol–water partition coefficient (Wildman–Crippen LogP) is 3.14. The van der Waals surface area contributed by atoms with E-state index in [9.17, 15) is 18.0 Å². The van der Waals surface area contributed by atoms with Gasteiger partial charge < -0.3 is 15.4 Å². The molecule has 1 fully saturated rings. The van der Waals surface area contributed by atoms with Gasteiger partial charge in [0, 0.05) is 30.0 Å². The minimum absolute atomic E-state index is 0.143. The molecule has 2 N–H and O–H groups in total. The number of carbonyl (C=O) groups is 2. The summed E-state index contributed by atoms with van der Waals surface area (Å²) in [5.41, 5.74) is 2.40. The molecule has 1 aliphatic heterocycles. The van der Waals surface area contributed by atoms with Gasteiger partial charge in [0.15, 0.2) is 0 Å². The van der Waals surface area contributed by atoms with Gasteiger partial charge in [-0.1, -0.05) is 30.3 Å². The Morgan fingerprint density at radius 2 is 1.38 bits per heavy atom. The summed E-state index contributed by atoms with van der Waals surface area (Å²) in [6.45, 7) is 1.40. The number of amides is 2. The highest BCUT2D eigenvalue weighted by Gasteiger charge is 2.26. The quantitative estimate of drug-likeness (QED) is 0.542. The smallest absolute Gasteiger partial charge is 0.255 e. The second-order valence-electron chi connectivity index (χ2n) is 7.78. The third kappa shape index (κ3) is 5.88. The van der Waals surface area contributed by atoms with Crippen molar-refractivity contribution in [1.82, 2.24) is 4.31 Å². The molecule has 8 nitrogen and oxygen atoms in total. The lowest BCUT2D eigenvalue weighted by atomic mass is 10.1. The maximum absolute atomic E-state index is 12.7. The molecule has 0 atom stereocenters. The summed E-state index contributed by atoms with van der Waals surface area (Å²) in [6.07, 6.45) is 0.264. The first-order valence-corrected chi connectivity index (χ1v) is 12.3. The molecule has 3 aromatic carbocycles. The highest BCUT2D eigenvalue weighted by Crippen LogP contribution is 2.20. The van der Waals surface area contributed by atoms with Crippen LogP contribution in [0.2, 0.25) is 0 Å². The second-order valence-corrected chi connectivity index (χ2v) is 9.72. The minimum Gasteiger partial charge on any atom is -0.379 e. The maximum Gasteiger partial charge on any atom is 0.255 e. The summed E-state index contributed by atoms with van der Waals surface area (Å²) in [6, 6.07) is 22.1. The molecule has 0 aliphatic carbocycles. The second kappa shape index (κ2) is 10.6. The van der Waals surface area contributed by atoms with Gasteiger partial charge in [0.2, 0.25) is 15.9 Å². The van der Waals surface area contributed by atoms with Crippen LogP contribution in [0.25, 0.3) is 0 Å². The Kier molecular flexibility index (Phi) is 7.36. The number of hydrogen-bond acceptors (Lipinski definition) is 5. The van der Waals surface area contributed by atoms with Crippen molar-refractivity contribution in [3.8, 4) is 0 Å². The highest BCUT2D eigenvalue weighted by molar-refractivity contribution is 7.89. The number of morpholine rings is 1. The number of ether oxygens (including phenoxy) is 1. The molecular formula is C25H25N3O5S. The van der Waals surface area contributed by atoms with Crippen LogP contribution in [-0.2, 0) is 26.0 Å². The van der Waals surface area contributed by atoms with Crippen molar-refractivity contribution in [1.29, 1.82) is 0 Å². The number of rotatable bonds is 7. The first-order chi connectivity index (χ1) is 16.4. The van der Waals surface area contributed by atoms with Gasteiger partial charge in [-0.3, -0.25) is 9.59 Å². The molecule has 3 aromatic rings. The van der Waals surface area contributed by atoms with Gasteiger partial charge in [0.1, 0.15) is 0 Å². The molecule has 2 amide bonds. The first-order valence-electron chi connectivity index (χ1n) is 10.8. The summed E-state index contributed by atoms with van der Waals surface area (Å²) in [5, 5.41) is 5.57. The highest BCUT2D eigenvalue weighted by atomic mass is 32.2. The molecule has 1 saturated heterocycles. The van der Waals surface area contributed by atoms with Gasteiger partial charge in [0.05, 0.1) is 24.5 Å². The summed E-state index contributed by atoms with van der Waals surface area (Å²) in [5.74, 6) is -0.485. The number of benzene rings is 3. The third-order valence-electron chi connectivity index (χ3n) is 5.36. The van der Waals surface area contributed by atoms with Crippen LogP contribution in [0.5, 0.6) is 0 Å². The summed E-state index contributed by atoms with van der Waals surface area (Å²) >= 11 is 0. The third-order valence-corrected chi connectivity index (χ3v) is 7.27. The molecular weight excluding hydrogens is 454 g/mol. The number of carbonyl (C=O) groups excluding carboxylic acids is 2. The van der Waals surface area contributed by atoms with E-state index in [1.165, 1.54) is 16.4 Å². The van der Waals surface area contributed by atoms with Crippen LogP contribution in [0.3, 0.4) is 0 Å². The molecule has 0 spiro atoms. The van der Waals surface area contributed by atoms with Crippen LogP contribution in [0.15, 0.2) is 83.8 Å². The summed E-state index contributed by atoms with van der Waals surface area (Å²) < 4.78 is 32.0. The molecule has 0 saturated carbocycles.